The molecule has 106 valence electrons. The topological polar surface area (TPSA) is 35.5 Å². The smallest absolute Gasteiger partial charge is 0.337 e. The molecule has 0 aliphatic carbocycles. The van der Waals surface area contributed by atoms with Gasteiger partial charge >= 0.3 is 5.97 Å². The van der Waals surface area contributed by atoms with Gasteiger partial charge in [0.25, 0.3) is 0 Å². The summed E-state index contributed by atoms with van der Waals surface area (Å²) in [6, 6.07) is 7.00. The fourth-order valence-corrected chi connectivity index (χ4v) is 2.30. The minimum absolute atomic E-state index is 0.115. The minimum atomic E-state index is -0.335. The first kappa shape index (κ1) is 15.9. The lowest BCUT2D eigenvalue weighted by Gasteiger charge is -2.29. The molecule has 1 rings (SSSR count). The molecule has 4 heteroatoms. The molecule has 0 amide bonds. The molecule has 0 radical (unpaired) electrons. The average Bonchev–Trinajstić information content (AvgIpc) is 2.49. The molecule has 0 unspecified atom stereocenters. The number of esters is 1. The van der Waals surface area contributed by atoms with E-state index in [1.54, 1.807) is 24.3 Å². The van der Waals surface area contributed by atoms with Crippen molar-refractivity contribution in [2.75, 3.05) is 19.5 Å². The third-order valence-electron chi connectivity index (χ3n) is 3.66. The lowest BCUT2D eigenvalue weighted by atomic mass is 9.85. The van der Waals surface area contributed by atoms with Crippen LogP contribution in [0.3, 0.4) is 0 Å². The Morgan fingerprint density at radius 1 is 1.21 bits per heavy atom. The molecule has 0 fully saturated rings. The molecule has 0 bridgehead atoms. The van der Waals surface area contributed by atoms with Crippen LogP contribution in [-0.4, -0.2) is 25.4 Å². The third kappa shape index (κ3) is 4.16. The summed E-state index contributed by atoms with van der Waals surface area (Å²) in [6.45, 7) is 4.95. The second kappa shape index (κ2) is 7.43. The molecule has 0 aromatic heterocycles. The Balaban J connectivity index is 2.66. The van der Waals surface area contributed by atoms with Crippen LogP contribution in [0.5, 0.6) is 5.75 Å². The summed E-state index contributed by atoms with van der Waals surface area (Å²) in [5.41, 5.74) is 0.644. The Bertz CT molecular complexity index is 388. The highest BCUT2D eigenvalue weighted by molar-refractivity contribution is 7.80. The van der Waals surface area contributed by atoms with Crippen molar-refractivity contribution in [3.63, 3.8) is 0 Å². The van der Waals surface area contributed by atoms with Crippen LogP contribution >= 0.6 is 12.6 Å². The summed E-state index contributed by atoms with van der Waals surface area (Å²) in [5.74, 6) is 1.24. The van der Waals surface area contributed by atoms with Crippen LogP contribution in [-0.2, 0) is 4.74 Å². The van der Waals surface area contributed by atoms with Crippen molar-refractivity contribution >= 4 is 18.6 Å². The van der Waals surface area contributed by atoms with Gasteiger partial charge in [0.1, 0.15) is 5.75 Å². The van der Waals surface area contributed by atoms with Gasteiger partial charge in [-0.3, -0.25) is 0 Å². The van der Waals surface area contributed by atoms with Crippen molar-refractivity contribution in [3.8, 4) is 5.75 Å². The Morgan fingerprint density at radius 3 is 2.21 bits per heavy atom. The van der Waals surface area contributed by atoms with Crippen LogP contribution < -0.4 is 4.74 Å². The maximum Gasteiger partial charge on any atom is 0.337 e. The molecular formula is C15H22O3S. The monoisotopic (exact) mass is 282 g/mol. The predicted molar refractivity (Wildman–Crippen MR) is 80.1 cm³/mol. The molecule has 0 atom stereocenters. The van der Waals surface area contributed by atoms with Crippen molar-refractivity contribution < 1.29 is 14.3 Å². The Morgan fingerprint density at radius 2 is 1.79 bits per heavy atom. The Labute approximate surface area is 120 Å². The van der Waals surface area contributed by atoms with Crippen molar-refractivity contribution in [3.05, 3.63) is 29.8 Å². The Hall–Kier alpha value is -1.16. The van der Waals surface area contributed by atoms with Crippen molar-refractivity contribution in [2.24, 2.45) is 5.41 Å². The number of carbonyl (C=O) groups is 1. The number of hydrogen-bond acceptors (Lipinski definition) is 4. The summed E-state index contributed by atoms with van der Waals surface area (Å²) in [7, 11) is 1.37. The largest absolute Gasteiger partial charge is 0.493 e. The molecule has 0 aliphatic heterocycles. The average molecular weight is 282 g/mol. The van der Waals surface area contributed by atoms with Crippen molar-refractivity contribution in [2.45, 2.75) is 26.7 Å². The standard InChI is InChI=1S/C15H22O3S/c1-4-15(5-2,11-19)10-18-13-8-6-12(7-9-13)14(16)17-3/h6-9,19H,4-5,10-11H2,1-3H3. The molecule has 0 saturated heterocycles. The lowest BCUT2D eigenvalue weighted by molar-refractivity contribution is 0.0600. The number of carbonyl (C=O) groups excluding carboxylic acids is 1. The zero-order valence-corrected chi connectivity index (χ0v) is 12.7. The van der Waals surface area contributed by atoms with Gasteiger partial charge in [0, 0.05) is 5.41 Å². The van der Waals surface area contributed by atoms with Gasteiger partial charge in [0.05, 0.1) is 19.3 Å². The van der Waals surface area contributed by atoms with E-state index in [1.807, 2.05) is 0 Å². The molecular weight excluding hydrogens is 260 g/mol. The SMILES string of the molecule is CCC(CC)(CS)COc1ccc(C(=O)OC)cc1. The fraction of sp³-hybridized carbons (Fsp3) is 0.533. The summed E-state index contributed by atoms with van der Waals surface area (Å²) >= 11 is 4.42. The third-order valence-corrected chi connectivity index (χ3v) is 4.33. The zero-order valence-electron chi connectivity index (χ0n) is 11.8. The van der Waals surface area contributed by atoms with Crippen molar-refractivity contribution in [1.29, 1.82) is 0 Å². The highest BCUT2D eigenvalue weighted by Gasteiger charge is 2.25. The number of methoxy groups -OCH3 is 1. The first-order valence-corrected chi connectivity index (χ1v) is 7.16. The Kier molecular flexibility index (Phi) is 6.22. The first-order chi connectivity index (χ1) is 9.10. The predicted octanol–water partition coefficient (Wildman–Crippen LogP) is 3.59. The number of rotatable bonds is 7. The first-order valence-electron chi connectivity index (χ1n) is 6.53. The summed E-state index contributed by atoms with van der Waals surface area (Å²) in [5, 5.41) is 0. The van der Waals surface area contributed by atoms with Gasteiger partial charge in [-0.15, -0.1) is 0 Å². The van der Waals surface area contributed by atoms with Crippen molar-refractivity contribution in [1.82, 2.24) is 0 Å². The second-order valence-corrected chi connectivity index (χ2v) is 4.99. The van der Waals surface area contributed by atoms with E-state index in [2.05, 4.69) is 31.2 Å². The van der Waals surface area contributed by atoms with E-state index >= 15 is 0 Å². The van der Waals surface area contributed by atoms with Crippen LogP contribution in [0.2, 0.25) is 0 Å². The molecule has 0 saturated carbocycles. The number of thiol groups is 1. The number of ether oxygens (including phenoxy) is 2. The van der Waals surface area contributed by atoms with Crippen LogP contribution in [0.15, 0.2) is 24.3 Å². The van der Waals surface area contributed by atoms with E-state index < -0.39 is 0 Å². The van der Waals surface area contributed by atoms with E-state index in [0.717, 1.165) is 24.3 Å². The summed E-state index contributed by atoms with van der Waals surface area (Å²) in [6.07, 6.45) is 2.07. The van der Waals surface area contributed by atoms with Gasteiger partial charge in [-0.1, -0.05) is 13.8 Å². The van der Waals surface area contributed by atoms with Gasteiger partial charge in [-0.2, -0.15) is 12.6 Å². The molecule has 0 spiro atoms. The second-order valence-electron chi connectivity index (χ2n) is 4.67. The lowest BCUT2D eigenvalue weighted by Crippen LogP contribution is -2.29. The van der Waals surface area contributed by atoms with Gasteiger partial charge < -0.3 is 9.47 Å². The van der Waals surface area contributed by atoms with Gasteiger partial charge in [0.2, 0.25) is 0 Å². The van der Waals surface area contributed by atoms with Gasteiger partial charge in [0.15, 0.2) is 0 Å². The molecule has 1 aromatic rings. The van der Waals surface area contributed by atoms with E-state index in [-0.39, 0.29) is 11.4 Å². The molecule has 0 aliphatic rings. The maximum absolute atomic E-state index is 11.3. The quantitative estimate of drug-likeness (QED) is 0.613. The summed E-state index contributed by atoms with van der Waals surface area (Å²) < 4.78 is 10.5. The molecule has 3 nitrogen and oxygen atoms in total. The number of benzene rings is 1. The molecule has 19 heavy (non-hydrogen) atoms. The van der Waals surface area contributed by atoms with E-state index in [0.29, 0.717) is 12.2 Å². The van der Waals surface area contributed by atoms with Gasteiger partial charge in [-0.25, -0.2) is 4.79 Å². The van der Waals surface area contributed by atoms with Crippen LogP contribution in [0.1, 0.15) is 37.0 Å². The molecule has 0 heterocycles. The normalized spacial score (nSPS) is 11.2. The van der Waals surface area contributed by atoms with Gasteiger partial charge in [-0.05, 0) is 42.9 Å². The zero-order chi connectivity index (χ0) is 14.3. The fourth-order valence-electron chi connectivity index (χ4n) is 1.76. The van der Waals surface area contributed by atoms with Crippen LogP contribution in [0, 0.1) is 5.41 Å². The van der Waals surface area contributed by atoms with Crippen LogP contribution in [0.25, 0.3) is 0 Å². The van der Waals surface area contributed by atoms with Crippen LogP contribution in [0.4, 0.5) is 0 Å². The highest BCUT2D eigenvalue weighted by atomic mass is 32.1. The molecule has 1 aromatic carbocycles. The number of hydrogen-bond donors (Lipinski definition) is 1. The summed E-state index contributed by atoms with van der Waals surface area (Å²) in [4.78, 5) is 11.3. The molecule has 0 N–H and O–H groups in total. The van der Waals surface area contributed by atoms with E-state index in [9.17, 15) is 4.79 Å². The van der Waals surface area contributed by atoms with E-state index in [1.165, 1.54) is 7.11 Å². The minimum Gasteiger partial charge on any atom is -0.493 e. The van der Waals surface area contributed by atoms with E-state index in [4.69, 9.17) is 4.74 Å². The highest BCUT2D eigenvalue weighted by Crippen LogP contribution is 2.29. The maximum atomic E-state index is 11.3.